The molecule has 12 heteroatoms. The normalized spacial score (nSPS) is 14.4. The number of carbonyl (C=O) groups excluding carboxylic acids is 2. The molecule has 0 radical (unpaired) electrons. The Morgan fingerprint density at radius 1 is 0.737 bits per heavy atom. The molecule has 38 heavy (non-hydrogen) atoms. The van der Waals surface area contributed by atoms with Crippen LogP contribution in [0.15, 0.2) is 0 Å². The second kappa shape index (κ2) is 23.4. The maximum Gasteiger partial charge on any atom is 0.472 e. The van der Waals surface area contributed by atoms with Crippen molar-refractivity contribution < 1.29 is 47.8 Å². The van der Waals surface area contributed by atoms with Crippen LogP contribution < -0.4 is 5.32 Å². The molecule has 4 N–H and O–H groups in total. The maximum atomic E-state index is 12.0. The minimum atomic E-state index is -4.72. The summed E-state index contributed by atoms with van der Waals surface area (Å²) in [5.74, 6) is -2.39. The zero-order valence-corrected chi connectivity index (χ0v) is 24.1. The summed E-state index contributed by atoms with van der Waals surface area (Å²) in [5.41, 5.74) is 0. The number of hydrogen-bond acceptors (Lipinski definition) is 8. The Labute approximate surface area is 227 Å². The fraction of sp³-hybridized carbons (Fsp3) is 0.885. The Balaban J connectivity index is 4.13. The molecule has 0 aliphatic heterocycles. The van der Waals surface area contributed by atoms with E-state index in [-0.39, 0.29) is 12.8 Å². The van der Waals surface area contributed by atoms with Gasteiger partial charge in [-0.3, -0.25) is 18.6 Å². The molecule has 0 rings (SSSR count). The number of nitrogens with one attached hydrogen (secondary N) is 1. The lowest BCUT2D eigenvalue weighted by atomic mass is 10.1. The predicted molar refractivity (Wildman–Crippen MR) is 143 cm³/mol. The number of aliphatic hydroxyl groups excluding tert-OH is 1. The van der Waals surface area contributed by atoms with Gasteiger partial charge in [-0.2, -0.15) is 0 Å². The number of carboxylic acid groups (broad SMARTS) is 1. The number of amides is 1. The monoisotopic (exact) mass is 567 g/mol. The average molecular weight is 568 g/mol. The minimum Gasteiger partial charge on any atom is -0.480 e. The lowest BCUT2D eigenvalue weighted by Gasteiger charge is -2.18. The highest BCUT2D eigenvalue weighted by atomic mass is 31.2. The summed E-state index contributed by atoms with van der Waals surface area (Å²) in [6, 6.07) is -1.53. The van der Waals surface area contributed by atoms with Crippen molar-refractivity contribution in [1.29, 1.82) is 0 Å². The van der Waals surface area contributed by atoms with Crippen molar-refractivity contribution >= 4 is 25.7 Å². The summed E-state index contributed by atoms with van der Waals surface area (Å²) in [7, 11) is -4.72. The molecule has 0 aromatic rings. The molecule has 0 aliphatic carbocycles. The van der Waals surface area contributed by atoms with E-state index in [9.17, 15) is 34.1 Å². The molecule has 1 amide bonds. The van der Waals surface area contributed by atoms with Crippen LogP contribution in [-0.2, 0) is 32.7 Å². The molecule has 0 aliphatic rings. The van der Waals surface area contributed by atoms with Crippen LogP contribution in [-0.4, -0.2) is 64.9 Å². The van der Waals surface area contributed by atoms with Crippen LogP contribution in [0.2, 0.25) is 0 Å². The third-order valence-corrected chi connectivity index (χ3v) is 6.85. The third-order valence-electron chi connectivity index (χ3n) is 5.90. The zero-order valence-electron chi connectivity index (χ0n) is 23.2. The number of esters is 1. The van der Waals surface area contributed by atoms with Gasteiger partial charge in [0.25, 0.3) is 0 Å². The number of aliphatic carboxylic acids is 1. The van der Waals surface area contributed by atoms with E-state index in [1.54, 1.807) is 0 Å². The topological polar surface area (TPSA) is 169 Å². The van der Waals surface area contributed by atoms with Gasteiger partial charge in [-0.15, -0.1) is 0 Å². The lowest BCUT2D eigenvalue weighted by molar-refractivity contribution is -0.147. The standard InChI is InChI=1S/C26H50NO10P/c1-3-5-7-9-11-13-15-17-24(29)27-23(26(31)32)21-37-38(33,34)36-20-22(28)19-35-25(30)18-16-14-12-10-8-6-4-2/h22-23,28H,3-21H2,1-2H3,(H,27,29)(H,31,32)(H,33,34). The van der Waals surface area contributed by atoms with Crippen LogP contribution in [0.3, 0.4) is 0 Å². The number of aliphatic hydroxyl groups is 1. The van der Waals surface area contributed by atoms with Gasteiger partial charge < -0.3 is 25.2 Å². The maximum absolute atomic E-state index is 12.0. The second-order valence-corrected chi connectivity index (χ2v) is 11.1. The van der Waals surface area contributed by atoms with Crippen LogP contribution in [0.1, 0.15) is 117 Å². The Kier molecular flexibility index (Phi) is 22.4. The number of carboxylic acids is 1. The number of phosphoric acid groups is 1. The van der Waals surface area contributed by atoms with E-state index >= 15 is 0 Å². The van der Waals surface area contributed by atoms with Crippen molar-refractivity contribution in [2.24, 2.45) is 0 Å². The van der Waals surface area contributed by atoms with Gasteiger partial charge >= 0.3 is 19.8 Å². The van der Waals surface area contributed by atoms with Crippen LogP contribution in [0.25, 0.3) is 0 Å². The summed E-state index contributed by atoms with van der Waals surface area (Å²) >= 11 is 0. The van der Waals surface area contributed by atoms with E-state index < -0.39 is 57.6 Å². The zero-order chi connectivity index (χ0) is 28.7. The van der Waals surface area contributed by atoms with E-state index in [4.69, 9.17) is 4.74 Å². The van der Waals surface area contributed by atoms with Crippen molar-refractivity contribution in [1.82, 2.24) is 5.32 Å². The first-order valence-corrected chi connectivity index (χ1v) is 15.6. The number of hydrogen-bond donors (Lipinski definition) is 4. The molecule has 0 spiro atoms. The molecule has 0 saturated heterocycles. The average Bonchev–Trinajstić information content (AvgIpc) is 2.87. The molecule has 11 nitrogen and oxygen atoms in total. The number of ether oxygens (including phenoxy) is 1. The van der Waals surface area contributed by atoms with Crippen molar-refractivity contribution in [2.45, 2.75) is 129 Å². The second-order valence-electron chi connectivity index (χ2n) is 9.60. The van der Waals surface area contributed by atoms with Gasteiger partial charge in [0.05, 0.1) is 13.2 Å². The summed E-state index contributed by atoms with van der Waals surface area (Å²) in [5, 5.41) is 21.4. The van der Waals surface area contributed by atoms with Gasteiger partial charge in [-0.1, -0.05) is 90.9 Å². The van der Waals surface area contributed by atoms with E-state index in [2.05, 4.69) is 28.2 Å². The number of carbonyl (C=O) groups is 3. The van der Waals surface area contributed by atoms with Crippen molar-refractivity contribution in [3.8, 4) is 0 Å². The number of phosphoric ester groups is 1. The Bertz CT molecular complexity index is 691. The third kappa shape index (κ3) is 22.5. The molecule has 0 heterocycles. The van der Waals surface area contributed by atoms with Gasteiger partial charge in [0.1, 0.15) is 12.7 Å². The predicted octanol–water partition coefficient (Wildman–Crippen LogP) is 4.87. The summed E-state index contributed by atoms with van der Waals surface area (Å²) in [6.07, 6.45) is 13.5. The number of unbranched alkanes of at least 4 members (excludes halogenated alkanes) is 12. The highest BCUT2D eigenvalue weighted by Crippen LogP contribution is 2.43. The molecule has 3 atom stereocenters. The smallest absolute Gasteiger partial charge is 0.472 e. The SMILES string of the molecule is CCCCCCCCCC(=O)NC(COP(=O)(O)OCC(O)COC(=O)CCCCCCCCC)C(=O)O. The first kappa shape index (κ1) is 36.5. The Morgan fingerprint density at radius 2 is 1.21 bits per heavy atom. The fourth-order valence-electron chi connectivity index (χ4n) is 3.61. The van der Waals surface area contributed by atoms with Gasteiger partial charge in [0, 0.05) is 12.8 Å². The fourth-order valence-corrected chi connectivity index (χ4v) is 4.38. The Hall–Kier alpha value is -1.52. The molecule has 0 aromatic carbocycles. The van der Waals surface area contributed by atoms with Gasteiger partial charge in [-0.05, 0) is 12.8 Å². The van der Waals surface area contributed by atoms with Gasteiger partial charge in [0.15, 0.2) is 6.04 Å². The van der Waals surface area contributed by atoms with E-state index in [0.717, 1.165) is 51.4 Å². The van der Waals surface area contributed by atoms with E-state index in [0.29, 0.717) is 12.8 Å². The van der Waals surface area contributed by atoms with E-state index in [1.165, 1.54) is 25.7 Å². The van der Waals surface area contributed by atoms with Crippen LogP contribution in [0.4, 0.5) is 0 Å². The van der Waals surface area contributed by atoms with Gasteiger partial charge in [0.2, 0.25) is 5.91 Å². The highest BCUT2D eigenvalue weighted by Gasteiger charge is 2.28. The van der Waals surface area contributed by atoms with Crippen LogP contribution in [0, 0.1) is 0 Å². The Morgan fingerprint density at radius 3 is 1.74 bits per heavy atom. The van der Waals surface area contributed by atoms with E-state index in [1.807, 2.05) is 0 Å². The molecular formula is C26H50NO10P. The van der Waals surface area contributed by atoms with Crippen LogP contribution in [0.5, 0.6) is 0 Å². The number of rotatable bonds is 26. The molecule has 224 valence electrons. The summed E-state index contributed by atoms with van der Waals surface area (Å²) in [4.78, 5) is 45.0. The molecule has 3 unspecified atom stereocenters. The molecule has 0 fully saturated rings. The van der Waals surface area contributed by atoms with Gasteiger partial charge in [-0.25, -0.2) is 9.36 Å². The molecule has 0 saturated carbocycles. The summed E-state index contributed by atoms with van der Waals surface area (Å²) in [6.45, 7) is 2.41. The van der Waals surface area contributed by atoms with Crippen molar-refractivity contribution in [3.05, 3.63) is 0 Å². The first-order chi connectivity index (χ1) is 18.1. The molecule has 0 bridgehead atoms. The largest absolute Gasteiger partial charge is 0.480 e. The van der Waals surface area contributed by atoms with Crippen LogP contribution >= 0.6 is 7.82 Å². The first-order valence-electron chi connectivity index (χ1n) is 14.1. The van der Waals surface area contributed by atoms with Crippen molar-refractivity contribution in [2.75, 3.05) is 19.8 Å². The minimum absolute atomic E-state index is 0.148. The lowest BCUT2D eigenvalue weighted by Crippen LogP contribution is -2.43. The molecule has 0 aromatic heterocycles. The molecular weight excluding hydrogens is 517 g/mol. The summed E-state index contributed by atoms with van der Waals surface area (Å²) < 4.78 is 26.3. The quantitative estimate of drug-likeness (QED) is 0.0642. The highest BCUT2D eigenvalue weighted by molar-refractivity contribution is 7.47. The van der Waals surface area contributed by atoms with Crippen molar-refractivity contribution in [3.63, 3.8) is 0 Å².